The van der Waals surface area contributed by atoms with Crippen molar-refractivity contribution < 1.29 is 14.6 Å². The third kappa shape index (κ3) is 3.03. The summed E-state index contributed by atoms with van der Waals surface area (Å²) in [7, 11) is 0. The van der Waals surface area contributed by atoms with Crippen LogP contribution in [0.3, 0.4) is 0 Å². The fraction of sp³-hybridized carbons (Fsp3) is 0.308. The molecule has 0 spiro atoms. The van der Waals surface area contributed by atoms with E-state index in [-0.39, 0.29) is 5.56 Å². The molecule has 0 radical (unpaired) electrons. The zero-order valence-electron chi connectivity index (χ0n) is 9.41. The first-order valence-electron chi connectivity index (χ1n) is 5.02. The van der Waals surface area contributed by atoms with Gasteiger partial charge in [0.05, 0.1) is 12.2 Å². The number of ether oxygens (including phenoxy) is 1. The number of carbonyl (C=O) groups is 1. The molecule has 3 nitrogen and oxygen atoms in total. The van der Waals surface area contributed by atoms with Crippen molar-refractivity contribution in [3.05, 3.63) is 29.3 Å². The molecule has 1 N–H and O–H groups in total. The zero-order chi connectivity index (χ0) is 12.0. The van der Waals surface area contributed by atoms with Crippen molar-refractivity contribution in [3.8, 4) is 17.6 Å². The maximum atomic E-state index is 10.9. The lowest BCUT2D eigenvalue weighted by atomic mass is 10.1. The van der Waals surface area contributed by atoms with E-state index in [2.05, 4.69) is 11.8 Å². The van der Waals surface area contributed by atoms with Crippen LogP contribution in [0.5, 0.6) is 5.75 Å². The largest absolute Gasteiger partial charge is 0.492 e. The van der Waals surface area contributed by atoms with Crippen LogP contribution in [0.2, 0.25) is 0 Å². The second-order valence-corrected chi connectivity index (χ2v) is 3.26. The molecule has 0 aromatic heterocycles. The minimum atomic E-state index is -0.934. The van der Waals surface area contributed by atoms with Gasteiger partial charge < -0.3 is 9.84 Å². The van der Waals surface area contributed by atoms with Crippen LogP contribution >= 0.6 is 0 Å². The number of hydrogen-bond acceptors (Lipinski definition) is 2. The summed E-state index contributed by atoms with van der Waals surface area (Å²) in [6.45, 7) is 3.99. The Bertz CT molecular complexity index is 438. The number of carboxylic acid groups (broad SMARTS) is 1. The molecule has 0 saturated carbocycles. The number of carboxylic acids is 1. The third-order valence-corrected chi connectivity index (χ3v) is 2.18. The van der Waals surface area contributed by atoms with Gasteiger partial charge in [0, 0.05) is 12.0 Å². The monoisotopic (exact) mass is 218 g/mol. The molecule has 0 aliphatic carbocycles. The Labute approximate surface area is 95.1 Å². The smallest absolute Gasteiger partial charge is 0.336 e. The molecule has 0 fully saturated rings. The molecule has 84 valence electrons. The Morgan fingerprint density at radius 1 is 1.50 bits per heavy atom. The molecule has 0 aliphatic rings. The SMILES string of the molecule is CC#CCCOc1cccc(C(=O)O)c1C. The molecule has 0 atom stereocenters. The van der Waals surface area contributed by atoms with Crippen LogP contribution in [-0.2, 0) is 0 Å². The van der Waals surface area contributed by atoms with Gasteiger partial charge in [-0.3, -0.25) is 0 Å². The summed E-state index contributed by atoms with van der Waals surface area (Å²) in [4.78, 5) is 10.9. The van der Waals surface area contributed by atoms with E-state index in [1.54, 1.807) is 32.0 Å². The van der Waals surface area contributed by atoms with Crippen LogP contribution in [0.25, 0.3) is 0 Å². The van der Waals surface area contributed by atoms with E-state index < -0.39 is 5.97 Å². The highest BCUT2D eigenvalue weighted by atomic mass is 16.5. The van der Waals surface area contributed by atoms with E-state index in [9.17, 15) is 4.79 Å². The summed E-state index contributed by atoms with van der Waals surface area (Å²) in [5.41, 5.74) is 0.929. The van der Waals surface area contributed by atoms with Crippen molar-refractivity contribution in [3.63, 3.8) is 0 Å². The van der Waals surface area contributed by atoms with Crippen molar-refractivity contribution in [2.45, 2.75) is 20.3 Å². The molecule has 0 aliphatic heterocycles. The molecular weight excluding hydrogens is 204 g/mol. The maximum Gasteiger partial charge on any atom is 0.336 e. The van der Waals surface area contributed by atoms with E-state index >= 15 is 0 Å². The predicted molar refractivity (Wildman–Crippen MR) is 61.7 cm³/mol. The molecule has 0 bridgehead atoms. The molecule has 0 unspecified atom stereocenters. The second kappa shape index (κ2) is 5.82. The maximum absolute atomic E-state index is 10.9. The Balaban J connectivity index is 2.76. The van der Waals surface area contributed by atoms with Gasteiger partial charge in [0.2, 0.25) is 0 Å². The van der Waals surface area contributed by atoms with Crippen molar-refractivity contribution >= 4 is 5.97 Å². The van der Waals surface area contributed by atoms with Gasteiger partial charge in [-0.25, -0.2) is 4.79 Å². The number of benzene rings is 1. The van der Waals surface area contributed by atoms with E-state index in [0.29, 0.717) is 24.3 Å². The van der Waals surface area contributed by atoms with Gasteiger partial charge in [0.15, 0.2) is 0 Å². The summed E-state index contributed by atoms with van der Waals surface area (Å²) in [6.07, 6.45) is 0.646. The lowest BCUT2D eigenvalue weighted by Crippen LogP contribution is -2.03. The van der Waals surface area contributed by atoms with Gasteiger partial charge in [-0.05, 0) is 26.0 Å². The first kappa shape index (κ1) is 12.1. The molecule has 1 aromatic carbocycles. The molecule has 0 heterocycles. The molecule has 0 amide bonds. The van der Waals surface area contributed by atoms with E-state index in [0.717, 1.165) is 0 Å². The van der Waals surface area contributed by atoms with Crippen molar-refractivity contribution in [1.29, 1.82) is 0 Å². The van der Waals surface area contributed by atoms with Crippen LogP contribution < -0.4 is 4.74 Å². The molecular formula is C13H14O3. The fourth-order valence-corrected chi connectivity index (χ4v) is 1.34. The molecule has 3 heteroatoms. The average Bonchev–Trinajstić information content (AvgIpc) is 2.26. The quantitative estimate of drug-likeness (QED) is 0.623. The Hall–Kier alpha value is -1.95. The minimum Gasteiger partial charge on any atom is -0.492 e. The van der Waals surface area contributed by atoms with Gasteiger partial charge in [0.1, 0.15) is 5.75 Å². The van der Waals surface area contributed by atoms with Gasteiger partial charge in [0.25, 0.3) is 0 Å². The predicted octanol–water partition coefficient (Wildman–Crippen LogP) is 2.49. The first-order valence-corrected chi connectivity index (χ1v) is 5.02. The Kier molecular flexibility index (Phi) is 4.41. The normalized spacial score (nSPS) is 9.12. The summed E-state index contributed by atoms with van der Waals surface area (Å²) < 4.78 is 5.46. The van der Waals surface area contributed by atoms with Crippen molar-refractivity contribution in [2.75, 3.05) is 6.61 Å². The van der Waals surface area contributed by atoms with Crippen molar-refractivity contribution in [2.24, 2.45) is 0 Å². The highest BCUT2D eigenvalue weighted by Crippen LogP contribution is 2.21. The lowest BCUT2D eigenvalue weighted by Gasteiger charge is -2.09. The third-order valence-electron chi connectivity index (χ3n) is 2.18. The van der Waals surface area contributed by atoms with Crippen molar-refractivity contribution in [1.82, 2.24) is 0 Å². The summed E-state index contributed by atoms with van der Waals surface area (Å²) in [5.74, 6) is 5.33. The van der Waals surface area contributed by atoms with Gasteiger partial charge in [-0.1, -0.05) is 6.07 Å². The fourth-order valence-electron chi connectivity index (χ4n) is 1.34. The highest BCUT2D eigenvalue weighted by Gasteiger charge is 2.10. The minimum absolute atomic E-state index is 0.277. The van der Waals surface area contributed by atoms with Crippen LogP contribution in [-0.4, -0.2) is 17.7 Å². The molecule has 16 heavy (non-hydrogen) atoms. The first-order chi connectivity index (χ1) is 7.66. The Morgan fingerprint density at radius 3 is 2.88 bits per heavy atom. The van der Waals surface area contributed by atoms with E-state index in [1.807, 2.05) is 0 Å². The van der Waals surface area contributed by atoms with Crippen LogP contribution in [0.1, 0.15) is 29.3 Å². The lowest BCUT2D eigenvalue weighted by molar-refractivity contribution is 0.0695. The Morgan fingerprint density at radius 2 is 2.25 bits per heavy atom. The molecule has 0 saturated heterocycles. The zero-order valence-corrected chi connectivity index (χ0v) is 9.41. The topological polar surface area (TPSA) is 46.5 Å². The molecule has 1 aromatic rings. The van der Waals surface area contributed by atoms with Gasteiger partial charge in [-0.15, -0.1) is 11.8 Å². The summed E-state index contributed by atoms with van der Waals surface area (Å²) >= 11 is 0. The van der Waals surface area contributed by atoms with E-state index in [4.69, 9.17) is 9.84 Å². The van der Waals surface area contributed by atoms with E-state index in [1.165, 1.54) is 0 Å². The van der Waals surface area contributed by atoms with Gasteiger partial charge in [-0.2, -0.15) is 0 Å². The van der Waals surface area contributed by atoms with Crippen LogP contribution in [0.4, 0.5) is 0 Å². The second-order valence-electron chi connectivity index (χ2n) is 3.26. The average molecular weight is 218 g/mol. The number of aromatic carboxylic acids is 1. The highest BCUT2D eigenvalue weighted by molar-refractivity contribution is 5.90. The van der Waals surface area contributed by atoms with Crippen LogP contribution in [0.15, 0.2) is 18.2 Å². The number of rotatable bonds is 4. The summed E-state index contributed by atoms with van der Waals surface area (Å²) in [5, 5.41) is 8.92. The van der Waals surface area contributed by atoms with Crippen LogP contribution in [0, 0.1) is 18.8 Å². The molecule has 1 rings (SSSR count). The standard InChI is InChI=1S/C13H14O3/c1-3-4-5-9-16-12-8-6-7-11(10(12)2)13(14)15/h6-8H,5,9H2,1-2H3,(H,14,15). The van der Waals surface area contributed by atoms with Gasteiger partial charge >= 0.3 is 5.97 Å². The summed E-state index contributed by atoms with van der Waals surface area (Å²) in [6, 6.07) is 5.01. The number of hydrogen-bond donors (Lipinski definition) is 1.